The molecule has 0 amide bonds. The van der Waals surface area contributed by atoms with Crippen LogP contribution >= 0.6 is 15.9 Å². The summed E-state index contributed by atoms with van der Waals surface area (Å²) in [5.41, 5.74) is 2.30. The average Bonchev–Trinajstić information content (AvgIpc) is 2.39. The van der Waals surface area contributed by atoms with Crippen LogP contribution in [-0.2, 0) is 0 Å². The number of benzene rings is 1. The molecule has 0 atom stereocenters. The normalized spacial score (nSPS) is 17.5. The molecule has 3 rings (SSSR count). The molecule has 1 aliphatic carbocycles. The van der Waals surface area contributed by atoms with Crippen molar-refractivity contribution in [1.82, 2.24) is 9.97 Å². The van der Waals surface area contributed by atoms with E-state index in [2.05, 4.69) is 44.1 Å². The number of rotatable bonds is 1. The maximum Gasteiger partial charge on any atom is 0.116 e. The van der Waals surface area contributed by atoms with Crippen molar-refractivity contribution in [3.05, 3.63) is 34.7 Å². The molecule has 17 heavy (non-hydrogen) atoms. The van der Waals surface area contributed by atoms with Crippen molar-refractivity contribution >= 4 is 26.8 Å². The van der Waals surface area contributed by atoms with E-state index in [-0.39, 0.29) is 0 Å². The Labute approximate surface area is 110 Å². The molecule has 0 saturated heterocycles. The molecule has 3 heteroatoms. The third-order valence-corrected chi connectivity index (χ3v) is 4.11. The van der Waals surface area contributed by atoms with E-state index in [0.717, 1.165) is 9.99 Å². The Kier molecular flexibility index (Phi) is 3.10. The van der Waals surface area contributed by atoms with Gasteiger partial charge in [-0.1, -0.05) is 35.2 Å². The van der Waals surface area contributed by atoms with Crippen molar-refractivity contribution in [2.75, 3.05) is 0 Å². The van der Waals surface area contributed by atoms with Crippen LogP contribution in [0, 0.1) is 0 Å². The van der Waals surface area contributed by atoms with Gasteiger partial charge in [0, 0.05) is 15.8 Å². The van der Waals surface area contributed by atoms with Gasteiger partial charge in [-0.3, -0.25) is 0 Å². The third-order valence-electron chi connectivity index (χ3n) is 3.62. The van der Waals surface area contributed by atoms with Crippen LogP contribution in [-0.4, -0.2) is 9.97 Å². The second-order valence-electron chi connectivity index (χ2n) is 4.76. The maximum absolute atomic E-state index is 4.53. The van der Waals surface area contributed by atoms with Gasteiger partial charge in [0.05, 0.1) is 11.2 Å². The molecule has 0 spiro atoms. The first-order valence-electron chi connectivity index (χ1n) is 6.25. The molecule has 0 radical (unpaired) electrons. The SMILES string of the molecule is Brc1ccc2c(C3CCCCC3)ncnc2c1. The maximum atomic E-state index is 4.53. The minimum absolute atomic E-state index is 0.635. The quantitative estimate of drug-likeness (QED) is 0.776. The first kappa shape index (κ1) is 11.1. The standard InChI is InChI=1S/C14H15BrN2/c15-11-6-7-12-13(8-11)16-9-17-14(12)10-4-2-1-3-5-10/h6-10H,1-5H2. The minimum Gasteiger partial charge on any atom is -0.240 e. The number of halogens is 1. The van der Waals surface area contributed by atoms with Gasteiger partial charge < -0.3 is 0 Å². The van der Waals surface area contributed by atoms with Gasteiger partial charge in [0.15, 0.2) is 0 Å². The number of aromatic nitrogens is 2. The Balaban J connectivity index is 2.09. The summed E-state index contributed by atoms with van der Waals surface area (Å²) < 4.78 is 1.08. The van der Waals surface area contributed by atoms with Crippen LogP contribution in [0.3, 0.4) is 0 Å². The Morgan fingerprint density at radius 2 is 1.88 bits per heavy atom. The van der Waals surface area contributed by atoms with Crippen LogP contribution in [0.1, 0.15) is 43.7 Å². The van der Waals surface area contributed by atoms with E-state index in [4.69, 9.17) is 0 Å². The van der Waals surface area contributed by atoms with Gasteiger partial charge in [-0.05, 0) is 31.0 Å². The summed E-state index contributed by atoms with van der Waals surface area (Å²) in [7, 11) is 0. The van der Waals surface area contributed by atoms with Gasteiger partial charge in [-0.15, -0.1) is 0 Å². The van der Waals surface area contributed by atoms with E-state index in [0.29, 0.717) is 5.92 Å². The van der Waals surface area contributed by atoms with Crippen LogP contribution < -0.4 is 0 Å². The van der Waals surface area contributed by atoms with Crippen LogP contribution in [0.2, 0.25) is 0 Å². The highest BCUT2D eigenvalue weighted by Crippen LogP contribution is 2.34. The second-order valence-corrected chi connectivity index (χ2v) is 5.67. The first-order chi connectivity index (χ1) is 8.34. The molecule has 1 saturated carbocycles. The van der Waals surface area contributed by atoms with Crippen molar-refractivity contribution in [3.63, 3.8) is 0 Å². The van der Waals surface area contributed by atoms with Crippen LogP contribution in [0.4, 0.5) is 0 Å². The summed E-state index contributed by atoms with van der Waals surface area (Å²) in [6.45, 7) is 0. The summed E-state index contributed by atoms with van der Waals surface area (Å²) in [4.78, 5) is 8.89. The van der Waals surface area contributed by atoms with Crippen molar-refractivity contribution in [2.45, 2.75) is 38.0 Å². The summed E-state index contributed by atoms with van der Waals surface area (Å²) in [5.74, 6) is 0.635. The van der Waals surface area contributed by atoms with Crippen LogP contribution in [0.15, 0.2) is 29.0 Å². The third kappa shape index (κ3) is 2.21. The largest absolute Gasteiger partial charge is 0.240 e. The zero-order chi connectivity index (χ0) is 11.7. The number of hydrogen-bond donors (Lipinski definition) is 0. The zero-order valence-corrected chi connectivity index (χ0v) is 11.3. The number of hydrogen-bond acceptors (Lipinski definition) is 2. The highest BCUT2D eigenvalue weighted by molar-refractivity contribution is 9.10. The predicted molar refractivity (Wildman–Crippen MR) is 73.1 cm³/mol. The molecule has 0 bridgehead atoms. The molecule has 1 aromatic heterocycles. The molecule has 0 aliphatic heterocycles. The minimum atomic E-state index is 0.635. The molecule has 2 nitrogen and oxygen atoms in total. The topological polar surface area (TPSA) is 25.8 Å². The van der Waals surface area contributed by atoms with Crippen LogP contribution in [0.5, 0.6) is 0 Å². The Morgan fingerprint density at radius 3 is 2.71 bits per heavy atom. The lowest BCUT2D eigenvalue weighted by molar-refractivity contribution is 0.438. The van der Waals surface area contributed by atoms with Crippen molar-refractivity contribution < 1.29 is 0 Å². The summed E-state index contributed by atoms with van der Waals surface area (Å²) in [5, 5.41) is 1.22. The molecule has 0 N–H and O–H groups in total. The first-order valence-corrected chi connectivity index (χ1v) is 7.04. The zero-order valence-electron chi connectivity index (χ0n) is 9.69. The summed E-state index contributed by atoms with van der Waals surface area (Å²) >= 11 is 3.49. The van der Waals surface area contributed by atoms with Crippen molar-refractivity contribution in [1.29, 1.82) is 0 Å². The van der Waals surface area contributed by atoms with Gasteiger partial charge in [0.1, 0.15) is 6.33 Å². The van der Waals surface area contributed by atoms with Gasteiger partial charge in [0.2, 0.25) is 0 Å². The predicted octanol–water partition coefficient (Wildman–Crippen LogP) is 4.44. The molecular formula is C14H15BrN2. The van der Waals surface area contributed by atoms with E-state index in [1.807, 2.05) is 0 Å². The van der Waals surface area contributed by atoms with Crippen molar-refractivity contribution in [3.8, 4) is 0 Å². The Hall–Kier alpha value is -0.960. The molecular weight excluding hydrogens is 276 g/mol. The van der Waals surface area contributed by atoms with Gasteiger partial charge in [-0.25, -0.2) is 9.97 Å². The molecule has 1 aromatic carbocycles. The molecule has 0 unspecified atom stereocenters. The van der Waals surface area contributed by atoms with E-state index in [9.17, 15) is 0 Å². The Bertz CT molecular complexity index is 533. The smallest absolute Gasteiger partial charge is 0.116 e. The van der Waals surface area contributed by atoms with E-state index >= 15 is 0 Å². The molecule has 1 fully saturated rings. The van der Waals surface area contributed by atoms with E-state index in [1.165, 1.54) is 43.2 Å². The van der Waals surface area contributed by atoms with Gasteiger partial charge in [0.25, 0.3) is 0 Å². The molecule has 1 heterocycles. The fourth-order valence-electron chi connectivity index (χ4n) is 2.75. The van der Waals surface area contributed by atoms with Gasteiger partial charge >= 0.3 is 0 Å². The fourth-order valence-corrected chi connectivity index (χ4v) is 3.10. The van der Waals surface area contributed by atoms with Crippen LogP contribution in [0.25, 0.3) is 10.9 Å². The lowest BCUT2D eigenvalue weighted by atomic mass is 9.85. The van der Waals surface area contributed by atoms with Gasteiger partial charge in [-0.2, -0.15) is 0 Å². The molecule has 2 aromatic rings. The van der Waals surface area contributed by atoms with E-state index < -0.39 is 0 Å². The summed E-state index contributed by atoms with van der Waals surface area (Å²) in [6, 6.07) is 6.30. The number of fused-ring (bicyclic) bond motifs is 1. The second kappa shape index (κ2) is 4.73. The Morgan fingerprint density at radius 1 is 1.06 bits per heavy atom. The highest BCUT2D eigenvalue weighted by Gasteiger charge is 2.19. The highest BCUT2D eigenvalue weighted by atomic mass is 79.9. The lowest BCUT2D eigenvalue weighted by Gasteiger charge is -2.21. The lowest BCUT2D eigenvalue weighted by Crippen LogP contribution is -2.07. The average molecular weight is 291 g/mol. The molecule has 1 aliphatic rings. The van der Waals surface area contributed by atoms with E-state index in [1.54, 1.807) is 6.33 Å². The van der Waals surface area contributed by atoms with Crippen molar-refractivity contribution in [2.24, 2.45) is 0 Å². The fraction of sp³-hybridized carbons (Fsp3) is 0.429. The number of nitrogens with zero attached hydrogens (tertiary/aromatic N) is 2. The monoisotopic (exact) mass is 290 g/mol. The summed E-state index contributed by atoms with van der Waals surface area (Å²) in [6.07, 6.45) is 8.33. The molecule has 88 valence electrons.